The molecule has 0 amide bonds. The number of hydrogen-bond donors (Lipinski definition) is 2. The summed E-state index contributed by atoms with van der Waals surface area (Å²) < 4.78 is 17.4. The summed E-state index contributed by atoms with van der Waals surface area (Å²) >= 11 is 0. The zero-order valence-electron chi connectivity index (χ0n) is 13.1. The van der Waals surface area contributed by atoms with Gasteiger partial charge < -0.3 is 10.2 Å². The van der Waals surface area contributed by atoms with E-state index in [0.717, 1.165) is 32.4 Å². The van der Waals surface area contributed by atoms with Gasteiger partial charge >= 0.3 is 0 Å². The van der Waals surface area contributed by atoms with Crippen LogP contribution in [0.2, 0.25) is 0 Å². The van der Waals surface area contributed by atoms with Gasteiger partial charge in [-0.25, -0.2) is 9.34 Å². The van der Waals surface area contributed by atoms with E-state index in [1.54, 1.807) is 4.67 Å². The molecule has 1 fully saturated rings. The van der Waals surface area contributed by atoms with Crippen molar-refractivity contribution in [2.45, 2.75) is 19.3 Å². The van der Waals surface area contributed by atoms with Crippen molar-refractivity contribution < 1.29 is 14.8 Å². The first-order valence-corrected chi connectivity index (χ1v) is 9.86. The van der Waals surface area contributed by atoms with Crippen molar-refractivity contribution in [3.63, 3.8) is 0 Å². The molecular weight excluding hydrogens is 299 g/mol. The van der Waals surface area contributed by atoms with Crippen molar-refractivity contribution in [1.82, 2.24) is 9.34 Å². The van der Waals surface area contributed by atoms with Gasteiger partial charge in [0.1, 0.15) is 0 Å². The highest BCUT2D eigenvalue weighted by atomic mass is 31.2. The third-order valence-electron chi connectivity index (χ3n) is 4.22. The van der Waals surface area contributed by atoms with Crippen LogP contribution in [0.5, 0.6) is 0 Å². The number of hydrogen-bond acceptors (Lipinski definition) is 3. The Bertz CT molecular complexity index is 478. The molecule has 0 saturated carbocycles. The summed E-state index contributed by atoms with van der Waals surface area (Å²) in [6.45, 7) is 2.25. The van der Waals surface area contributed by atoms with E-state index >= 15 is 0 Å². The van der Waals surface area contributed by atoms with Gasteiger partial charge in [-0.1, -0.05) is 30.3 Å². The fourth-order valence-corrected chi connectivity index (χ4v) is 6.29. The Kier molecular flexibility index (Phi) is 7.06. The van der Waals surface area contributed by atoms with E-state index in [1.165, 1.54) is 5.56 Å². The second kappa shape index (κ2) is 8.80. The maximum absolute atomic E-state index is 13.5. The Balaban J connectivity index is 2.07. The van der Waals surface area contributed by atoms with Crippen LogP contribution in [-0.2, 0) is 11.0 Å². The standard InChI is InChI=1S/C16H27N2O3P/c19-13-11-18(12-14-20)22(21)15-5-4-9-17(22)10-8-16-6-2-1-3-7-16/h1-3,6-7,19-20H,4-5,8-15H2. The Labute approximate surface area is 133 Å². The highest BCUT2D eigenvalue weighted by Gasteiger charge is 2.38. The summed E-state index contributed by atoms with van der Waals surface area (Å²) in [5.41, 5.74) is 1.25. The van der Waals surface area contributed by atoms with Crippen molar-refractivity contribution in [3.05, 3.63) is 35.9 Å². The maximum Gasteiger partial charge on any atom is 0.216 e. The molecule has 0 aliphatic carbocycles. The highest BCUT2D eigenvalue weighted by molar-refractivity contribution is 7.59. The molecule has 124 valence electrons. The molecular formula is C16H27N2O3P. The smallest absolute Gasteiger partial charge is 0.216 e. The lowest BCUT2D eigenvalue weighted by Crippen LogP contribution is -2.40. The van der Waals surface area contributed by atoms with E-state index in [1.807, 2.05) is 18.2 Å². The molecule has 1 aromatic carbocycles. The molecule has 1 atom stereocenters. The van der Waals surface area contributed by atoms with Gasteiger partial charge in [-0.3, -0.25) is 4.57 Å². The van der Waals surface area contributed by atoms with Gasteiger partial charge in [0.2, 0.25) is 7.44 Å². The molecule has 6 heteroatoms. The molecule has 0 radical (unpaired) electrons. The molecule has 2 N–H and O–H groups in total. The molecule has 1 aromatic rings. The minimum atomic E-state index is -2.66. The predicted molar refractivity (Wildman–Crippen MR) is 89.2 cm³/mol. The first kappa shape index (κ1) is 17.6. The molecule has 1 aliphatic rings. The van der Waals surface area contributed by atoms with E-state index in [-0.39, 0.29) is 13.2 Å². The zero-order chi connectivity index (χ0) is 15.8. The molecule has 22 heavy (non-hydrogen) atoms. The lowest BCUT2D eigenvalue weighted by atomic mass is 10.1. The van der Waals surface area contributed by atoms with Gasteiger partial charge in [-0.05, 0) is 24.8 Å². The molecule has 0 aromatic heterocycles. The minimum Gasteiger partial charge on any atom is -0.395 e. The summed E-state index contributed by atoms with van der Waals surface area (Å²) in [4.78, 5) is 0. The van der Waals surface area contributed by atoms with E-state index in [0.29, 0.717) is 19.3 Å². The Morgan fingerprint density at radius 1 is 1.09 bits per heavy atom. The van der Waals surface area contributed by atoms with Crippen LogP contribution in [0.1, 0.15) is 18.4 Å². The fourth-order valence-electron chi connectivity index (χ4n) is 3.06. The molecule has 0 spiro atoms. The minimum absolute atomic E-state index is 0.0312. The number of benzene rings is 1. The first-order valence-electron chi connectivity index (χ1n) is 8.06. The van der Waals surface area contributed by atoms with Gasteiger partial charge in [0, 0.05) is 32.3 Å². The molecule has 5 nitrogen and oxygen atoms in total. The SMILES string of the molecule is O=P1(N(CCO)CCO)CCCCN1CCc1ccccc1. The average molecular weight is 326 g/mol. The van der Waals surface area contributed by atoms with Crippen LogP contribution in [0.3, 0.4) is 0 Å². The monoisotopic (exact) mass is 326 g/mol. The van der Waals surface area contributed by atoms with Gasteiger partial charge in [0.25, 0.3) is 0 Å². The van der Waals surface area contributed by atoms with Crippen LogP contribution in [0.25, 0.3) is 0 Å². The van der Waals surface area contributed by atoms with Crippen LogP contribution in [0.15, 0.2) is 30.3 Å². The number of aliphatic hydroxyl groups is 2. The molecule has 1 saturated heterocycles. The highest BCUT2D eigenvalue weighted by Crippen LogP contribution is 2.55. The zero-order valence-corrected chi connectivity index (χ0v) is 14.0. The molecule has 0 bridgehead atoms. The Morgan fingerprint density at radius 3 is 2.41 bits per heavy atom. The Hall–Kier alpha value is -0.710. The predicted octanol–water partition coefficient (Wildman–Crippen LogP) is 1.80. The second-order valence-electron chi connectivity index (χ2n) is 5.69. The summed E-state index contributed by atoms with van der Waals surface area (Å²) in [7, 11) is -2.66. The van der Waals surface area contributed by atoms with Crippen molar-refractivity contribution in [2.24, 2.45) is 0 Å². The van der Waals surface area contributed by atoms with E-state index < -0.39 is 7.44 Å². The second-order valence-corrected chi connectivity index (χ2v) is 8.59. The van der Waals surface area contributed by atoms with E-state index in [9.17, 15) is 14.8 Å². The lowest BCUT2D eigenvalue weighted by Gasteiger charge is -2.42. The summed E-state index contributed by atoms with van der Waals surface area (Å²) in [5.74, 6) is 0. The van der Waals surface area contributed by atoms with Crippen molar-refractivity contribution in [1.29, 1.82) is 0 Å². The third-order valence-corrected chi connectivity index (χ3v) is 7.68. The van der Waals surface area contributed by atoms with Crippen molar-refractivity contribution >= 4 is 7.44 Å². The fraction of sp³-hybridized carbons (Fsp3) is 0.625. The maximum atomic E-state index is 13.5. The van der Waals surface area contributed by atoms with Crippen LogP contribution in [-0.4, -0.2) is 65.1 Å². The quantitative estimate of drug-likeness (QED) is 0.713. The Morgan fingerprint density at radius 2 is 1.77 bits per heavy atom. The summed E-state index contributed by atoms with van der Waals surface area (Å²) in [6, 6.07) is 10.2. The van der Waals surface area contributed by atoms with Crippen LogP contribution in [0.4, 0.5) is 0 Å². The summed E-state index contributed by atoms with van der Waals surface area (Å²) in [6.07, 6.45) is 3.54. The largest absolute Gasteiger partial charge is 0.395 e. The van der Waals surface area contributed by atoms with Gasteiger partial charge in [-0.2, -0.15) is 0 Å². The number of aliphatic hydroxyl groups excluding tert-OH is 2. The number of nitrogens with zero attached hydrogens (tertiary/aromatic N) is 2. The van der Waals surface area contributed by atoms with Crippen LogP contribution in [0, 0.1) is 0 Å². The molecule has 1 aliphatic heterocycles. The summed E-state index contributed by atoms with van der Waals surface area (Å²) in [5, 5.41) is 18.5. The molecule has 1 unspecified atom stereocenters. The first-order chi connectivity index (χ1) is 10.7. The van der Waals surface area contributed by atoms with E-state index in [2.05, 4.69) is 16.8 Å². The van der Waals surface area contributed by atoms with Crippen LogP contribution >= 0.6 is 7.44 Å². The topological polar surface area (TPSA) is 64.0 Å². The average Bonchev–Trinajstić information content (AvgIpc) is 2.55. The van der Waals surface area contributed by atoms with Crippen molar-refractivity contribution in [2.75, 3.05) is 45.6 Å². The number of rotatable bonds is 8. The molecule has 1 heterocycles. The van der Waals surface area contributed by atoms with Crippen molar-refractivity contribution in [3.8, 4) is 0 Å². The third kappa shape index (κ3) is 4.40. The van der Waals surface area contributed by atoms with Gasteiger partial charge in [0.05, 0.1) is 13.2 Å². The van der Waals surface area contributed by atoms with Crippen LogP contribution < -0.4 is 0 Å². The normalized spacial score (nSPS) is 23.0. The lowest BCUT2D eigenvalue weighted by molar-refractivity contribution is 0.203. The van der Waals surface area contributed by atoms with Gasteiger partial charge in [-0.15, -0.1) is 0 Å². The molecule has 2 rings (SSSR count). The van der Waals surface area contributed by atoms with Gasteiger partial charge in [0.15, 0.2) is 0 Å². The van der Waals surface area contributed by atoms with E-state index in [4.69, 9.17) is 0 Å².